The van der Waals surface area contributed by atoms with Crippen molar-refractivity contribution in [3.63, 3.8) is 0 Å². The van der Waals surface area contributed by atoms with Crippen molar-refractivity contribution in [1.29, 1.82) is 0 Å². The molecule has 12 N–H and O–H groups in total. The molecular formula is C40H63N9O12. The second-order valence-electron chi connectivity index (χ2n) is 15.9. The Morgan fingerprint density at radius 3 is 1.67 bits per heavy atom. The number of nitrogens with two attached hydrogens (primary N) is 1. The van der Waals surface area contributed by atoms with Crippen molar-refractivity contribution in [2.24, 2.45) is 17.6 Å². The van der Waals surface area contributed by atoms with E-state index in [1.165, 1.54) is 25.7 Å². The smallest absolute Gasteiger partial charge is 0.328 e. The van der Waals surface area contributed by atoms with Crippen molar-refractivity contribution >= 4 is 53.2 Å². The number of hydrogen-bond donors (Lipinski definition) is 11. The zero-order valence-electron chi connectivity index (χ0n) is 35.7. The maximum absolute atomic E-state index is 13.9. The lowest BCUT2D eigenvalue weighted by Crippen LogP contribution is -2.60. The second-order valence-corrected chi connectivity index (χ2v) is 15.9. The molecule has 0 spiro atoms. The summed E-state index contributed by atoms with van der Waals surface area (Å²) in [4.78, 5) is 118. The molecule has 61 heavy (non-hydrogen) atoms. The van der Waals surface area contributed by atoms with Crippen LogP contribution in [-0.4, -0.2) is 148 Å². The number of nitrogens with zero attached hydrogens (tertiary/aromatic N) is 1. The van der Waals surface area contributed by atoms with Crippen LogP contribution in [0.3, 0.4) is 0 Å². The van der Waals surface area contributed by atoms with Crippen LogP contribution in [0, 0.1) is 11.8 Å². The summed E-state index contributed by atoms with van der Waals surface area (Å²) in [6, 6.07) is -2.25. The summed E-state index contributed by atoms with van der Waals surface area (Å²) < 4.78 is 0. The quantitative estimate of drug-likeness (QED) is 0.0517. The van der Waals surface area contributed by atoms with Crippen LogP contribution < -0.4 is 43.0 Å². The summed E-state index contributed by atoms with van der Waals surface area (Å²) >= 11 is 0. The largest absolute Gasteiger partial charge is 0.480 e. The lowest BCUT2D eigenvalue weighted by atomic mass is 10.0. The Hall–Kier alpha value is -5.67. The third-order valence-electron chi connectivity index (χ3n) is 9.85. The van der Waals surface area contributed by atoms with E-state index in [1.807, 2.05) is 13.8 Å². The predicted octanol–water partition coefficient (Wildman–Crippen LogP) is -3.23. The molecule has 21 heteroatoms. The third-order valence-corrected chi connectivity index (χ3v) is 9.85. The number of carbonyl (C=O) groups is 9. The Balaban J connectivity index is 2.13. The fourth-order valence-corrected chi connectivity index (χ4v) is 6.38. The average Bonchev–Trinajstić information content (AvgIpc) is 3.70. The molecule has 0 bridgehead atoms. The van der Waals surface area contributed by atoms with Crippen molar-refractivity contribution < 1.29 is 58.5 Å². The van der Waals surface area contributed by atoms with Crippen molar-refractivity contribution in [3.05, 3.63) is 35.9 Å². The number of carboxylic acid groups (broad SMARTS) is 1. The van der Waals surface area contributed by atoms with Gasteiger partial charge < -0.3 is 63.2 Å². The van der Waals surface area contributed by atoms with Crippen LogP contribution in [-0.2, 0) is 49.6 Å². The Morgan fingerprint density at radius 1 is 0.656 bits per heavy atom. The molecular weight excluding hydrogens is 798 g/mol. The Bertz CT molecular complexity index is 1710. The van der Waals surface area contributed by atoms with E-state index in [4.69, 9.17) is 10.8 Å². The van der Waals surface area contributed by atoms with Gasteiger partial charge in [0.05, 0.1) is 19.3 Å². The SMILES string of the molecule is CC(C)C[C@H](NC(=O)[C@H](Cc1ccccc1)NC(=O)[C@@H]1CCCN1C(=O)[C@H](C)N)C(=O)N[C@@H](C)C(=O)N[C@@H](CO)C(=O)N[C@@H](C)C(=O)N[C@H](C(=O)N[C@@H](CO)C(=O)O)C(C)C. The number of aliphatic hydroxyl groups is 2. The Kier molecular flexibility index (Phi) is 20.7. The van der Waals surface area contributed by atoms with Gasteiger partial charge in [-0.25, -0.2) is 4.79 Å². The van der Waals surface area contributed by atoms with Crippen LogP contribution in [0.2, 0.25) is 0 Å². The van der Waals surface area contributed by atoms with Crippen LogP contribution in [0.5, 0.6) is 0 Å². The van der Waals surface area contributed by atoms with Crippen LogP contribution in [0.25, 0.3) is 0 Å². The summed E-state index contributed by atoms with van der Waals surface area (Å²) in [7, 11) is 0. The highest BCUT2D eigenvalue weighted by atomic mass is 16.4. The number of aliphatic carboxylic acids is 1. The summed E-state index contributed by atoms with van der Waals surface area (Å²) in [5.74, 6) is -8.20. The first-order valence-corrected chi connectivity index (χ1v) is 20.3. The third kappa shape index (κ3) is 16.0. The highest BCUT2D eigenvalue weighted by Gasteiger charge is 2.38. The molecule has 1 aromatic carbocycles. The molecule has 8 amide bonds. The lowest BCUT2D eigenvalue weighted by Gasteiger charge is -2.29. The van der Waals surface area contributed by atoms with Gasteiger partial charge in [-0.15, -0.1) is 0 Å². The number of benzene rings is 1. The molecule has 1 aromatic rings. The van der Waals surface area contributed by atoms with Crippen molar-refractivity contribution in [2.45, 2.75) is 129 Å². The highest BCUT2D eigenvalue weighted by Crippen LogP contribution is 2.19. The molecule has 9 atom stereocenters. The molecule has 340 valence electrons. The maximum Gasteiger partial charge on any atom is 0.328 e. The minimum atomic E-state index is -1.62. The van der Waals surface area contributed by atoms with E-state index in [1.54, 1.807) is 44.2 Å². The summed E-state index contributed by atoms with van der Waals surface area (Å²) in [5.41, 5.74) is 6.52. The highest BCUT2D eigenvalue weighted by molar-refractivity contribution is 5.98. The summed E-state index contributed by atoms with van der Waals surface area (Å²) in [6.07, 6.45) is 1.12. The maximum atomic E-state index is 13.9. The molecule has 0 aromatic heterocycles. The average molecular weight is 862 g/mol. The van der Waals surface area contributed by atoms with Gasteiger partial charge in [0.15, 0.2) is 0 Å². The molecule has 0 saturated carbocycles. The van der Waals surface area contributed by atoms with Crippen molar-refractivity contribution in [3.8, 4) is 0 Å². The van der Waals surface area contributed by atoms with Gasteiger partial charge in [-0.1, -0.05) is 58.0 Å². The number of hydrogen-bond acceptors (Lipinski definition) is 12. The minimum Gasteiger partial charge on any atom is -0.480 e. The normalized spacial score (nSPS) is 17.6. The molecule has 21 nitrogen and oxygen atoms in total. The van der Waals surface area contributed by atoms with Crippen LogP contribution >= 0.6 is 0 Å². The lowest BCUT2D eigenvalue weighted by molar-refractivity contribution is -0.143. The number of aliphatic hydroxyl groups excluding tert-OH is 2. The first-order chi connectivity index (χ1) is 28.6. The number of nitrogens with one attached hydrogen (secondary N) is 7. The van der Waals surface area contributed by atoms with Gasteiger partial charge in [-0.3, -0.25) is 38.4 Å². The molecule has 1 saturated heterocycles. The van der Waals surface area contributed by atoms with Crippen molar-refractivity contribution in [1.82, 2.24) is 42.1 Å². The fraction of sp³-hybridized carbons (Fsp3) is 0.625. The van der Waals surface area contributed by atoms with E-state index in [0.717, 1.165) is 0 Å². The van der Waals surface area contributed by atoms with Crippen LogP contribution in [0.1, 0.15) is 73.3 Å². The molecule has 0 unspecified atom stereocenters. The minimum absolute atomic E-state index is 0.0531. The molecule has 1 aliphatic heterocycles. The van der Waals surface area contributed by atoms with Crippen molar-refractivity contribution in [2.75, 3.05) is 19.8 Å². The zero-order valence-corrected chi connectivity index (χ0v) is 35.7. The standard InChI is InChI=1S/C40H63N9O12/c1-20(2)16-26(44-35(55)27(17-25-12-9-8-10-13-25)45-37(57)30-14-11-15-49(30)39(59)22(5)41)34(54)42-23(6)32(52)46-28(18-50)36(56)43-24(7)33(53)48-31(21(3)4)38(58)47-29(19-51)40(60)61/h8-10,12-13,20-24,26-31,50-51H,11,14-19,41H2,1-7H3,(H,42,54)(H,43,56)(H,44,55)(H,45,57)(H,46,52)(H,47,58)(H,48,53)(H,60,61)/t22-,23-,24-,26-,27-,28-,29-,30-,31-/m0/s1. The molecule has 1 aliphatic rings. The molecule has 1 heterocycles. The Morgan fingerprint density at radius 2 is 1.16 bits per heavy atom. The van der Waals surface area contributed by atoms with Gasteiger partial charge in [0, 0.05) is 13.0 Å². The molecule has 1 fully saturated rings. The monoisotopic (exact) mass is 861 g/mol. The molecule has 0 radical (unpaired) electrons. The first kappa shape index (κ1) is 51.5. The topological polar surface area (TPSA) is 328 Å². The first-order valence-electron chi connectivity index (χ1n) is 20.3. The van der Waals surface area contributed by atoms with E-state index >= 15 is 0 Å². The summed E-state index contributed by atoms with van der Waals surface area (Å²) in [6.45, 7) is 9.39. The number of rotatable bonds is 23. The predicted molar refractivity (Wildman–Crippen MR) is 219 cm³/mol. The van der Waals surface area contributed by atoms with E-state index < -0.39 is 127 Å². The number of carbonyl (C=O) groups excluding carboxylic acids is 8. The fourth-order valence-electron chi connectivity index (χ4n) is 6.38. The second kappa shape index (κ2) is 24.6. The molecule has 0 aliphatic carbocycles. The van der Waals surface area contributed by atoms with Gasteiger partial charge >= 0.3 is 5.97 Å². The van der Waals surface area contributed by atoms with E-state index in [-0.39, 0.29) is 18.8 Å². The van der Waals surface area contributed by atoms with E-state index in [2.05, 4.69) is 37.2 Å². The van der Waals surface area contributed by atoms with Gasteiger partial charge in [-0.05, 0) is 57.4 Å². The molecule has 2 rings (SSSR count). The van der Waals surface area contributed by atoms with Gasteiger partial charge in [-0.2, -0.15) is 0 Å². The van der Waals surface area contributed by atoms with E-state index in [9.17, 15) is 53.4 Å². The van der Waals surface area contributed by atoms with Crippen LogP contribution in [0.4, 0.5) is 0 Å². The Labute approximate surface area is 355 Å². The van der Waals surface area contributed by atoms with Gasteiger partial charge in [0.25, 0.3) is 0 Å². The van der Waals surface area contributed by atoms with Gasteiger partial charge in [0.1, 0.15) is 48.3 Å². The number of amides is 8. The summed E-state index contributed by atoms with van der Waals surface area (Å²) in [5, 5.41) is 45.5. The zero-order chi connectivity index (χ0) is 46.1. The van der Waals surface area contributed by atoms with E-state index in [0.29, 0.717) is 24.9 Å². The number of likely N-dealkylation sites (tertiary alicyclic amines) is 1. The van der Waals surface area contributed by atoms with Gasteiger partial charge in [0.2, 0.25) is 47.3 Å². The van der Waals surface area contributed by atoms with Crippen LogP contribution in [0.15, 0.2) is 30.3 Å². The number of carboxylic acids is 1.